The zero-order valence-corrected chi connectivity index (χ0v) is 10.4. The Morgan fingerprint density at radius 2 is 1.22 bits per heavy atom. The average Bonchev–Trinajstić information content (AvgIpc) is 2.30. The fraction of sp³-hybridized carbons (Fsp3) is 0.286. The van der Waals surface area contributed by atoms with E-state index in [-0.39, 0.29) is 11.6 Å². The maximum Gasteiger partial charge on any atom is 0.144 e. The number of hydrogen-bond acceptors (Lipinski definition) is 2. The third-order valence-electron chi connectivity index (χ3n) is 2.71. The van der Waals surface area contributed by atoms with Crippen LogP contribution in [0, 0.1) is 25.5 Å². The standard InChI is InChI=1S/C14H14F2N2/c1-9-5-11(15)13(17-7-9)3-4-14-12(16)6-10(2)8-18-14/h5-8H,3-4H2,1-2H3. The Morgan fingerprint density at radius 1 is 0.833 bits per heavy atom. The lowest BCUT2D eigenvalue weighted by molar-refractivity contribution is 0.579. The highest BCUT2D eigenvalue weighted by molar-refractivity contribution is 5.18. The van der Waals surface area contributed by atoms with E-state index < -0.39 is 0 Å². The van der Waals surface area contributed by atoms with E-state index in [1.807, 2.05) is 0 Å². The van der Waals surface area contributed by atoms with Crippen molar-refractivity contribution in [2.75, 3.05) is 0 Å². The zero-order valence-electron chi connectivity index (χ0n) is 10.4. The second-order valence-corrected chi connectivity index (χ2v) is 4.38. The van der Waals surface area contributed by atoms with Crippen LogP contribution >= 0.6 is 0 Å². The van der Waals surface area contributed by atoms with Crippen molar-refractivity contribution in [3.63, 3.8) is 0 Å². The van der Waals surface area contributed by atoms with E-state index >= 15 is 0 Å². The third-order valence-corrected chi connectivity index (χ3v) is 2.71. The Hall–Kier alpha value is -1.84. The SMILES string of the molecule is Cc1cnc(CCc2ncc(C)cc2F)c(F)c1. The van der Waals surface area contributed by atoms with Crippen molar-refractivity contribution in [2.24, 2.45) is 0 Å². The van der Waals surface area contributed by atoms with Crippen LogP contribution in [-0.4, -0.2) is 9.97 Å². The molecule has 4 heteroatoms. The maximum absolute atomic E-state index is 13.5. The van der Waals surface area contributed by atoms with Gasteiger partial charge in [-0.25, -0.2) is 8.78 Å². The summed E-state index contributed by atoms with van der Waals surface area (Å²) in [6.45, 7) is 3.56. The average molecular weight is 248 g/mol. The first-order valence-corrected chi connectivity index (χ1v) is 5.78. The molecule has 2 heterocycles. The minimum Gasteiger partial charge on any atom is -0.258 e. The van der Waals surface area contributed by atoms with Crippen molar-refractivity contribution in [2.45, 2.75) is 26.7 Å². The molecule has 2 rings (SSSR count). The summed E-state index contributed by atoms with van der Waals surface area (Å²) in [6.07, 6.45) is 3.91. The molecule has 0 atom stereocenters. The lowest BCUT2D eigenvalue weighted by Crippen LogP contribution is -2.02. The molecule has 0 saturated carbocycles. The highest BCUT2D eigenvalue weighted by atomic mass is 19.1. The normalized spacial score (nSPS) is 10.7. The monoisotopic (exact) mass is 248 g/mol. The van der Waals surface area contributed by atoms with Crippen LogP contribution in [0.25, 0.3) is 0 Å². The number of nitrogens with zero attached hydrogens (tertiary/aromatic N) is 2. The van der Waals surface area contributed by atoms with Gasteiger partial charge in [-0.3, -0.25) is 9.97 Å². The molecule has 0 fully saturated rings. The van der Waals surface area contributed by atoms with Crippen molar-refractivity contribution in [3.05, 3.63) is 58.7 Å². The quantitative estimate of drug-likeness (QED) is 0.833. The predicted octanol–water partition coefficient (Wildman–Crippen LogP) is 3.16. The Morgan fingerprint density at radius 3 is 1.56 bits per heavy atom. The van der Waals surface area contributed by atoms with Gasteiger partial charge in [0.15, 0.2) is 0 Å². The Labute approximate surface area is 105 Å². The van der Waals surface area contributed by atoms with Crippen molar-refractivity contribution < 1.29 is 8.78 Å². The van der Waals surface area contributed by atoms with Crippen LogP contribution < -0.4 is 0 Å². The second-order valence-electron chi connectivity index (χ2n) is 4.38. The maximum atomic E-state index is 13.5. The Kier molecular flexibility index (Phi) is 3.65. The van der Waals surface area contributed by atoms with Crippen molar-refractivity contribution in [1.29, 1.82) is 0 Å². The first-order chi connectivity index (χ1) is 8.56. The highest BCUT2D eigenvalue weighted by Crippen LogP contribution is 2.12. The highest BCUT2D eigenvalue weighted by Gasteiger charge is 2.08. The summed E-state index contributed by atoms with van der Waals surface area (Å²) in [5.41, 5.74) is 2.25. The topological polar surface area (TPSA) is 25.8 Å². The van der Waals surface area contributed by atoms with Crippen LogP contribution in [0.15, 0.2) is 24.5 Å². The number of rotatable bonds is 3. The minimum atomic E-state index is -0.345. The van der Waals surface area contributed by atoms with Gasteiger partial charge in [-0.1, -0.05) is 0 Å². The lowest BCUT2D eigenvalue weighted by Gasteiger charge is -2.04. The third kappa shape index (κ3) is 2.88. The largest absolute Gasteiger partial charge is 0.258 e. The molecule has 18 heavy (non-hydrogen) atoms. The molecule has 0 amide bonds. The summed E-state index contributed by atoms with van der Waals surface area (Å²) in [5, 5.41) is 0. The van der Waals surface area contributed by atoms with Crippen LogP contribution in [-0.2, 0) is 12.8 Å². The van der Waals surface area contributed by atoms with Gasteiger partial charge in [-0.15, -0.1) is 0 Å². The smallest absolute Gasteiger partial charge is 0.144 e. The second kappa shape index (κ2) is 5.21. The van der Waals surface area contributed by atoms with Crippen molar-refractivity contribution in [1.82, 2.24) is 9.97 Å². The van der Waals surface area contributed by atoms with Gasteiger partial charge in [0.25, 0.3) is 0 Å². The van der Waals surface area contributed by atoms with Gasteiger partial charge in [0, 0.05) is 12.4 Å². The summed E-state index contributed by atoms with van der Waals surface area (Å²) >= 11 is 0. The minimum absolute atomic E-state index is 0.345. The van der Waals surface area contributed by atoms with E-state index in [4.69, 9.17) is 0 Å². The number of pyridine rings is 2. The van der Waals surface area contributed by atoms with Crippen molar-refractivity contribution in [3.8, 4) is 0 Å². The predicted molar refractivity (Wildman–Crippen MR) is 65.3 cm³/mol. The van der Waals surface area contributed by atoms with E-state index in [9.17, 15) is 8.78 Å². The van der Waals surface area contributed by atoms with E-state index in [2.05, 4.69) is 9.97 Å². The van der Waals surface area contributed by atoms with Gasteiger partial charge < -0.3 is 0 Å². The molecule has 0 radical (unpaired) electrons. The van der Waals surface area contributed by atoms with Crippen LogP contribution in [0.3, 0.4) is 0 Å². The molecule has 0 unspecified atom stereocenters. The molecular weight excluding hydrogens is 234 g/mol. The number of aryl methyl sites for hydroxylation is 4. The molecule has 0 N–H and O–H groups in total. The summed E-state index contributed by atoms with van der Waals surface area (Å²) in [6, 6.07) is 2.86. The zero-order chi connectivity index (χ0) is 13.1. The van der Waals surface area contributed by atoms with Crippen LogP contribution in [0.5, 0.6) is 0 Å². The van der Waals surface area contributed by atoms with Crippen molar-refractivity contribution >= 4 is 0 Å². The molecule has 0 aliphatic rings. The molecule has 0 saturated heterocycles. The summed E-state index contributed by atoms with van der Waals surface area (Å²) in [5.74, 6) is -0.690. The molecule has 0 spiro atoms. The molecule has 94 valence electrons. The van der Waals surface area contributed by atoms with Gasteiger partial charge in [0.2, 0.25) is 0 Å². The fourth-order valence-corrected chi connectivity index (χ4v) is 1.73. The molecule has 0 aromatic carbocycles. The molecule has 0 aliphatic carbocycles. The van der Waals surface area contributed by atoms with Crippen LogP contribution in [0.1, 0.15) is 22.5 Å². The van der Waals surface area contributed by atoms with Gasteiger partial charge in [-0.2, -0.15) is 0 Å². The Bertz CT molecular complexity index is 516. The summed E-state index contributed by atoms with van der Waals surface area (Å²) < 4.78 is 27.1. The van der Waals surface area contributed by atoms with Crippen LogP contribution in [0.2, 0.25) is 0 Å². The number of hydrogen-bond donors (Lipinski definition) is 0. The van der Waals surface area contributed by atoms with E-state index in [1.54, 1.807) is 26.2 Å². The number of halogens is 2. The molecule has 0 bridgehead atoms. The molecule has 2 aromatic heterocycles. The van der Waals surface area contributed by atoms with Gasteiger partial charge in [0.05, 0.1) is 11.4 Å². The summed E-state index contributed by atoms with van der Waals surface area (Å²) in [7, 11) is 0. The van der Waals surface area contributed by atoms with Crippen LogP contribution in [0.4, 0.5) is 8.78 Å². The molecule has 0 aliphatic heterocycles. The molecule has 2 nitrogen and oxygen atoms in total. The summed E-state index contributed by atoms with van der Waals surface area (Å²) in [4.78, 5) is 8.03. The van der Waals surface area contributed by atoms with Gasteiger partial charge in [0.1, 0.15) is 11.6 Å². The number of aromatic nitrogens is 2. The van der Waals surface area contributed by atoms with E-state index in [0.717, 1.165) is 11.1 Å². The molecule has 2 aromatic rings. The van der Waals surface area contributed by atoms with Gasteiger partial charge >= 0.3 is 0 Å². The van der Waals surface area contributed by atoms with E-state index in [1.165, 1.54) is 12.1 Å². The van der Waals surface area contributed by atoms with Gasteiger partial charge in [-0.05, 0) is 49.9 Å². The molecular formula is C14H14F2N2. The fourth-order valence-electron chi connectivity index (χ4n) is 1.73. The lowest BCUT2D eigenvalue weighted by atomic mass is 10.1. The first-order valence-electron chi connectivity index (χ1n) is 5.78. The Balaban J connectivity index is 2.11. The van der Waals surface area contributed by atoms with E-state index in [0.29, 0.717) is 24.2 Å². The first kappa shape index (κ1) is 12.6.